The van der Waals surface area contributed by atoms with E-state index >= 15 is 0 Å². The molecule has 5 nitrogen and oxygen atoms in total. The predicted molar refractivity (Wildman–Crippen MR) is 106 cm³/mol. The number of amides is 1. The summed E-state index contributed by atoms with van der Waals surface area (Å²) in [6.07, 6.45) is 1.37. The quantitative estimate of drug-likeness (QED) is 0.756. The van der Waals surface area contributed by atoms with Crippen molar-refractivity contribution in [1.29, 1.82) is 0 Å². The minimum absolute atomic E-state index is 0.0555. The van der Waals surface area contributed by atoms with Gasteiger partial charge in [0.05, 0.1) is 0 Å². The highest BCUT2D eigenvalue weighted by Gasteiger charge is 2.39. The topological polar surface area (TPSA) is 55.3 Å². The zero-order valence-corrected chi connectivity index (χ0v) is 15.3. The number of anilines is 1. The van der Waals surface area contributed by atoms with Gasteiger partial charge in [-0.2, -0.15) is 0 Å². The Hall–Kier alpha value is -2.37. The van der Waals surface area contributed by atoms with Gasteiger partial charge in [0.25, 0.3) is 5.91 Å². The largest absolute Gasteiger partial charge is 0.368 e. The second-order valence-corrected chi connectivity index (χ2v) is 6.90. The number of nitrogens with one attached hydrogen (secondary N) is 2. The smallest absolute Gasteiger partial charge is 0.256 e. The molecule has 1 amide bonds. The van der Waals surface area contributed by atoms with Crippen LogP contribution in [-0.4, -0.2) is 36.3 Å². The van der Waals surface area contributed by atoms with E-state index in [0.717, 1.165) is 30.7 Å². The summed E-state index contributed by atoms with van der Waals surface area (Å²) < 4.78 is 7.94. The van der Waals surface area contributed by atoms with Crippen LogP contribution in [0.15, 0.2) is 42.5 Å². The van der Waals surface area contributed by atoms with Crippen LogP contribution in [0.3, 0.4) is 0 Å². The van der Waals surface area contributed by atoms with Crippen molar-refractivity contribution in [3.05, 3.63) is 42.5 Å². The normalized spacial score (nSPS) is 16.8. The summed E-state index contributed by atoms with van der Waals surface area (Å²) >= 11 is 0. The highest BCUT2D eigenvalue weighted by molar-refractivity contribution is 6.10. The van der Waals surface area contributed by atoms with Crippen LogP contribution < -0.4 is 10.6 Å². The van der Waals surface area contributed by atoms with E-state index in [0.29, 0.717) is 12.8 Å². The van der Waals surface area contributed by atoms with E-state index < -0.39 is 5.60 Å². The van der Waals surface area contributed by atoms with E-state index in [-0.39, 0.29) is 5.91 Å². The third kappa shape index (κ3) is 2.68. The van der Waals surface area contributed by atoms with Crippen molar-refractivity contribution >= 4 is 33.4 Å². The molecule has 0 atom stereocenters. The highest BCUT2D eigenvalue weighted by atomic mass is 16.5. The molecule has 0 saturated carbocycles. The Morgan fingerprint density at radius 2 is 1.88 bits per heavy atom. The summed E-state index contributed by atoms with van der Waals surface area (Å²) in [6.45, 7) is 4.66. The average Bonchev–Trinajstić information content (AvgIpc) is 3.01. The highest BCUT2D eigenvalue weighted by Crippen LogP contribution is 2.32. The van der Waals surface area contributed by atoms with Crippen molar-refractivity contribution in [2.45, 2.75) is 31.9 Å². The van der Waals surface area contributed by atoms with Gasteiger partial charge in [0, 0.05) is 41.1 Å². The first-order chi connectivity index (χ1) is 12.7. The van der Waals surface area contributed by atoms with Gasteiger partial charge in [0.15, 0.2) is 0 Å². The summed E-state index contributed by atoms with van der Waals surface area (Å²) in [5.74, 6) is -0.0555. The first kappa shape index (κ1) is 17.1. The van der Waals surface area contributed by atoms with E-state index in [1.807, 2.05) is 6.07 Å². The maximum Gasteiger partial charge on any atom is 0.256 e. The van der Waals surface area contributed by atoms with Gasteiger partial charge >= 0.3 is 0 Å². The lowest BCUT2D eigenvalue weighted by Crippen LogP contribution is -2.51. The molecule has 0 bridgehead atoms. The molecule has 0 spiro atoms. The van der Waals surface area contributed by atoms with E-state index in [1.165, 1.54) is 16.4 Å². The monoisotopic (exact) mass is 351 g/mol. The van der Waals surface area contributed by atoms with Crippen LogP contribution in [0.1, 0.15) is 19.8 Å². The zero-order valence-electron chi connectivity index (χ0n) is 15.3. The van der Waals surface area contributed by atoms with Crippen LogP contribution in [0.25, 0.3) is 21.8 Å². The number of hydrogen-bond donors (Lipinski definition) is 2. The fourth-order valence-electron chi connectivity index (χ4n) is 4.07. The van der Waals surface area contributed by atoms with E-state index in [2.05, 4.69) is 58.5 Å². The number of piperidine rings is 1. The van der Waals surface area contributed by atoms with Crippen LogP contribution in [0.5, 0.6) is 0 Å². The molecule has 0 aliphatic carbocycles. The van der Waals surface area contributed by atoms with Gasteiger partial charge in [-0.25, -0.2) is 0 Å². The number of nitrogens with zero attached hydrogens (tertiary/aromatic N) is 1. The summed E-state index contributed by atoms with van der Waals surface area (Å²) in [6, 6.07) is 14.6. The van der Waals surface area contributed by atoms with Crippen LogP contribution in [0, 0.1) is 0 Å². The molecule has 1 fully saturated rings. The van der Waals surface area contributed by atoms with Gasteiger partial charge in [-0.3, -0.25) is 4.79 Å². The molecule has 2 heterocycles. The van der Waals surface area contributed by atoms with Gasteiger partial charge in [-0.1, -0.05) is 18.2 Å². The molecule has 2 N–H and O–H groups in total. The first-order valence-electron chi connectivity index (χ1n) is 9.27. The Labute approximate surface area is 153 Å². The van der Waals surface area contributed by atoms with Crippen LogP contribution >= 0.6 is 0 Å². The number of aromatic nitrogens is 1. The van der Waals surface area contributed by atoms with Crippen molar-refractivity contribution in [1.82, 2.24) is 9.88 Å². The number of rotatable bonds is 4. The Kier molecular flexibility index (Phi) is 4.42. The number of hydrogen-bond acceptors (Lipinski definition) is 3. The number of aryl methyl sites for hydroxylation is 1. The van der Waals surface area contributed by atoms with Crippen molar-refractivity contribution in [2.24, 2.45) is 0 Å². The molecule has 136 valence electrons. The maximum absolute atomic E-state index is 12.9. The lowest BCUT2D eigenvalue weighted by molar-refractivity contribution is -0.140. The van der Waals surface area contributed by atoms with E-state index in [1.54, 1.807) is 7.11 Å². The summed E-state index contributed by atoms with van der Waals surface area (Å²) in [7, 11) is 1.63. The van der Waals surface area contributed by atoms with Gasteiger partial charge in [0.2, 0.25) is 0 Å². The zero-order chi connectivity index (χ0) is 18.1. The number of carbonyl (C=O) groups excluding carboxylic acids is 1. The molecule has 1 aliphatic heterocycles. The molecule has 4 rings (SSSR count). The van der Waals surface area contributed by atoms with Gasteiger partial charge < -0.3 is 19.9 Å². The molecule has 1 aliphatic rings. The summed E-state index contributed by atoms with van der Waals surface area (Å²) in [5.41, 5.74) is 2.49. The number of para-hydroxylation sites is 1. The lowest BCUT2D eigenvalue weighted by Gasteiger charge is -2.34. The Morgan fingerprint density at radius 3 is 2.62 bits per heavy atom. The van der Waals surface area contributed by atoms with Crippen LogP contribution in [0.4, 0.5) is 5.69 Å². The van der Waals surface area contributed by atoms with Crippen molar-refractivity contribution in [3.8, 4) is 0 Å². The average molecular weight is 351 g/mol. The van der Waals surface area contributed by atoms with Gasteiger partial charge in [-0.05, 0) is 57.1 Å². The third-order valence-electron chi connectivity index (χ3n) is 5.56. The Morgan fingerprint density at radius 1 is 1.15 bits per heavy atom. The Bertz CT molecular complexity index is 954. The van der Waals surface area contributed by atoms with Crippen molar-refractivity contribution in [3.63, 3.8) is 0 Å². The van der Waals surface area contributed by atoms with Gasteiger partial charge in [0.1, 0.15) is 5.60 Å². The van der Waals surface area contributed by atoms with Crippen LogP contribution in [0.2, 0.25) is 0 Å². The fraction of sp³-hybridized carbons (Fsp3) is 0.381. The molecular weight excluding hydrogens is 326 g/mol. The summed E-state index contributed by atoms with van der Waals surface area (Å²) in [5, 5.41) is 8.75. The molecule has 26 heavy (non-hydrogen) atoms. The number of ether oxygens (including phenoxy) is 1. The van der Waals surface area contributed by atoms with E-state index in [4.69, 9.17) is 4.74 Å². The molecule has 1 saturated heterocycles. The second-order valence-electron chi connectivity index (χ2n) is 6.90. The van der Waals surface area contributed by atoms with Crippen molar-refractivity contribution < 1.29 is 9.53 Å². The number of carbonyl (C=O) groups is 1. The summed E-state index contributed by atoms with van der Waals surface area (Å²) in [4.78, 5) is 12.9. The second kappa shape index (κ2) is 6.74. The fourth-order valence-corrected chi connectivity index (χ4v) is 4.07. The van der Waals surface area contributed by atoms with Crippen molar-refractivity contribution in [2.75, 3.05) is 25.5 Å². The van der Waals surface area contributed by atoms with Crippen LogP contribution in [-0.2, 0) is 16.1 Å². The molecular formula is C21H25N3O2. The predicted octanol–water partition coefficient (Wildman–Crippen LogP) is 3.52. The third-order valence-corrected chi connectivity index (χ3v) is 5.56. The molecule has 5 heteroatoms. The first-order valence-corrected chi connectivity index (χ1v) is 9.27. The molecule has 0 unspecified atom stereocenters. The van der Waals surface area contributed by atoms with Gasteiger partial charge in [-0.15, -0.1) is 0 Å². The minimum Gasteiger partial charge on any atom is -0.368 e. The Balaban J connectivity index is 1.71. The lowest BCUT2D eigenvalue weighted by atomic mass is 9.91. The number of methoxy groups -OCH3 is 1. The molecule has 0 radical (unpaired) electrons. The standard InChI is InChI=1S/C21H25N3O2/c1-3-24-18-7-5-4-6-16(18)17-14-15(8-9-19(17)24)23-20(25)21(26-2)10-12-22-13-11-21/h4-9,14,22H,3,10-13H2,1-2H3,(H,23,25). The maximum atomic E-state index is 12.9. The van der Waals surface area contributed by atoms with E-state index in [9.17, 15) is 4.79 Å². The molecule has 3 aromatic rings. The number of benzene rings is 2. The molecule has 2 aromatic carbocycles. The SMILES string of the molecule is CCn1c2ccccc2c2cc(NC(=O)C3(OC)CCNCC3)ccc21. The molecule has 1 aromatic heterocycles. The number of fused-ring (bicyclic) bond motifs is 3. The minimum atomic E-state index is -0.738.